The van der Waals surface area contributed by atoms with Gasteiger partial charge in [0.05, 0.1) is 11.4 Å². The Kier molecular flexibility index (Phi) is 2.55. The second-order valence-electron chi connectivity index (χ2n) is 4.41. The van der Waals surface area contributed by atoms with Crippen molar-refractivity contribution in [1.29, 1.82) is 0 Å². The van der Waals surface area contributed by atoms with Crippen LogP contribution in [0.5, 0.6) is 0 Å². The third-order valence-corrected chi connectivity index (χ3v) is 3.41. The van der Waals surface area contributed by atoms with Crippen LogP contribution in [0.4, 0.5) is 15.8 Å². The van der Waals surface area contributed by atoms with Gasteiger partial charge in [0.25, 0.3) is 0 Å². The molecule has 3 heteroatoms. The molecule has 3 N–H and O–H groups in total. The third kappa shape index (κ3) is 2.06. The van der Waals surface area contributed by atoms with Crippen LogP contribution in [-0.2, 0) is 0 Å². The van der Waals surface area contributed by atoms with E-state index in [-0.39, 0.29) is 11.5 Å². The number of benzene rings is 1. The molecule has 1 fully saturated rings. The zero-order valence-electron chi connectivity index (χ0n) is 9.02. The predicted molar refractivity (Wildman–Crippen MR) is 61.3 cm³/mol. The van der Waals surface area contributed by atoms with Gasteiger partial charge in [-0.05, 0) is 36.8 Å². The van der Waals surface area contributed by atoms with E-state index < -0.39 is 0 Å². The van der Waals surface area contributed by atoms with Crippen molar-refractivity contribution in [3.63, 3.8) is 0 Å². The molecule has 1 saturated carbocycles. The summed E-state index contributed by atoms with van der Waals surface area (Å²) >= 11 is 0. The van der Waals surface area contributed by atoms with E-state index >= 15 is 0 Å². The zero-order valence-corrected chi connectivity index (χ0v) is 9.02. The number of para-hydroxylation sites is 1. The van der Waals surface area contributed by atoms with Crippen LogP contribution >= 0.6 is 0 Å². The van der Waals surface area contributed by atoms with Gasteiger partial charge in [0.2, 0.25) is 0 Å². The first-order valence-electron chi connectivity index (χ1n) is 5.45. The fraction of sp³-hybridized carbons (Fsp3) is 0.500. The van der Waals surface area contributed by atoms with Crippen molar-refractivity contribution in [3.05, 3.63) is 24.0 Å². The van der Waals surface area contributed by atoms with Crippen LogP contribution < -0.4 is 11.1 Å². The van der Waals surface area contributed by atoms with E-state index in [1.807, 2.05) is 6.07 Å². The number of rotatable bonds is 4. The summed E-state index contributed by atoms with van der Waals surface area (Å²) in [5.41, 5.74) is 7.02. The van der Waals surface area contributed by atoms with Crippen molar-refractivity contribution in [2.24, 2.45) is 5.41 Å². The minimum Gasteiger partial charge on any atom is -0.395 e. The first-order valence-corrected chi connectivity index (χ1v) is 5.45. The van der Waals surface area contributed by atoms with Gasteiger partial charge in [-0.15, -0.1) is 0 Å². The largest absolute Gasteiger partial charge is 0.395 e. The number of halogens is 1. The fourth-order valence-corrected chi connectivity index (χ4v) is 1.81. The van der Waals surface area contributed by atoms with Crippen molar-refractivity contribution < 1.29 is 4.39 Å². The Labute approximate surface area is 89.7 Å². The van der Waals surface area contributed by atoms with Crippen LogP contribution in [0.3, 0.4) is 0 Å². The Bertz CT molecular complexity index is 359. The molecule has 1 aliphatic carbocycles. The first-order chi connectivity index (χ1) is 7.17. The van der Waals surface area contributed by atoms with Crippen LogP contribution in [0, 0.1) is 11.2 Å². The van der Waals surface area contributed by atoms with E-state index in [2.05, 4.69) is 12.2 Å². The van der Waals surface area contributed by atoms with Crippen LogP contribution in [0.1, 0.15) is 26.2 Å². The smallest absolute Gasteiger partial charge is 0.148 e. The highest BCUT2D eigenvalue weighted by atomic mass is 19.1. The summed E-state index contributed by atoms with van der Waals surface area (Å²) in [7, 11) is 0. The molecule has 1 aliphatic rings. The molecule has 0 unspecified atom stereocenters. The van der Waals surface area contributed by atoms with Gasteiger partial charge < -0.3 is 11.1 Å². The molecule has 1 aromatic carbocycles. The summed E-state index contributed by atoms with van der Waals surface area (Å²) in [6, 6.07) is 4.89. The fourth-order valence-electron chi connectivity index (χ4n) is 1.81. The predicted octanol–water partition coefficient (Wildman–Crippen LogP) is 3.01. The molecule has 15 heavy (non-hydrogen) atoms. The van der Waals surface area contributed by atoms with Gasteiger partial charge in [-0.3, -0.25) is 0 Å². The maximum atomic E-state index is 13.1. The topological polar surface area (TPSA) is 38.0 Å². The highest BCUT2D eigenvalue weighted by Gasteiger charge is 2.40. The van der Waals surface area contributed by atoms with E-state index in [9.17, 15) is 4.39 Å². The monoisotopic (exact) mass is 208 g/mol. The van der Waals surface area contributed by atoms with Gasteiger partial charge in [0.1, 0.15) is 5.82 Å². The van der Waals surface area contributed by atoms with E-state index in [1.165, 1.54) is 25.3 Å². The van der Waals surface area contributed by atoms with Crippen LogP contribution in [0.15, 0.2) is 18.2 Å². The Morgan fingerprint density at radius 1 is 1.47 bits per heavy atom. The normalized spacial score (nSPS) is 17.5. The minimum absolute atomic E-state index is 0.226. The molecule has 0 spiro atoms. The van der Waals surface area contributed by atoms with E-state index in [0.717, 1.165) is 12.2 Å². The highest BCUT2D eigenvalue weighted by Crippen LogP contribution is 2.48. The molecule has 0 aromatic heterocycles. The summed E-state index contributed by atoms with van der Waals surface area (Å²) in [5.74, 6) is -0.346. The number of anilines is 2. The first kappa shape index (κ1) is 10.3. The van der Waals surface area contributed by atoms with E-state index in [4.69, 9.17) is 5.73 Å². The quantitative estimate of drug-likeness (QED) is 0.746. The second kappa shape index (κ2) is 3.72. The summed E-state index contributed by atoms with van der Waals surface area (Å²) in [4.78, 5) is 0. The molecule has 0 radical (unpaired) electrons. The molecule has 1 aromatic rings. The summed E-state index contributed by atoms with van der Waals surface area (Å²) in [6.45, 7) is 3.10. The average molecular weight is 208 g/mol. The molecule has 0 atom stereocenters. The second-order valence-corrected chi connectivity index (χ2v) is 4.41. The molecule has 0 saturated heterocycles. The maximum Gasteiger partial charge on any atom is 0.148 e. The molecule has 82 valence electrons. The minimum atomic E-state index is -0.346. The van der Waals surface area contributed by atoms with Crippen LogP contribution in [0.2, 0.25) is 0 Å². The molecular weight excluding hydrogens is 191 g/mol. The van der Waals surface area contributed by atoms with Gasteiger partial charge in [0.15, 0.2) is 0 Å². The Morgan fingerprint density at radius 2 is 2.20 bits per heavy atom. The van der Waals surface area contributed by atoms with Gasteiger partial charge in [0, 0.05) is 6.54 Å². The SMILES string of the molecule is CCC1(CNc2cccc(F)c2N)CC1. The molecule has 0 amide bonds. The Morgan fingerprint density at radius 3 is 2.80 bits per heavy atom. The number of nitrogen functional groups attached to an aromatic ring is 1. The number of nitrogens with two attached hydrogens (primary N) is 1. The van der Waals surface area contributed by atoms with E-state index in [0.29, 0.717) is 5.41 Å². The molecule has 0 aliphatic heterocycles. The average Bonchev–Trinajstić information content (AvgIpc) is 3.01. The lowest BCUT2D eigenvalue weighted by atomic mass is 10.0. The van der Waals surface area contributed by atoms with Gasteiger partial charge in [-0.25, -0.2) is 4.39 Å². The van der Waals surface area contributed by atoms with Crippen molar-refractivity contribution in [1.82, 2.24) is 0 Å². The lowest BCUT2D eigenvalue weighted by Crippen LogP contribution is -2.15. The van der Waals surface area contributed by atoms with Crippen molar-refractivity contribution in [2.75, 3.05) is 17.6 Å². The highest BCUT2D eigenvalue weighted by molar-refractivity contribution is 5.66. The third-order valence-electron chi connectivity index (χ3n) is 3.41. The zero-order chi connectivity index (χ0) is 10.9. The maximum absolute atomic E-state index is 13.1. The number of hydrogen-bond acceptors (Lipinski definition) is 2. The van der Waals surface area contributed by atoms with Crippen molar-refractivity contribution in [2.45, 2.75) is 26.2 Å². The van der Waals surface area contributed by atoms with E-state index in [1.54, 1.807) is 6.07 Å². The van der Waals surface area contributed by atoms with Gasteiger partial charge >= 0.3 is 0 Å². The van der Waals surface area contributed by atoms with Crippen molar-refractivity contribution >= 4 is 11.4 Å². The molecule has 2 rings (SSSR count). The summed E-state index contributed by atoms with van der Waals surface area (Å²) in [5, 5.41) is 3.24. The molecular formula is C12H17FN2. The molecule has 0 heterocycles. The standard InChI is InChI=1S/C12H17FN2/c1-2-12(6-7-12)8-15-10-5-3-4-9(13)11(10)14/h3-5,15H,2,6-8,14H2,1H3. The van der Waals surface area contributed by atoms with Crippen LogP contribution in [0.25, 0.3) is 0 Å². The number of hydrogen-bond donors (Lipinski definition) is 2. The lowest BCUT2D eigenvalue weighted by molar-refractivity contribution is 0.521. The number of nitrogens with one attached hydrogen (secondary N) is 1. The van der Waals surface area contributed by atoms with Gasteiger partial charge in [-0.2, -0.15) is 0 Å². The van der Waals surface area contributed by atoms with Crippen molar-refractivity contribution in [3.8, 4) is 0 Å². The summed E-state index contributed by atoms with van der Waals surface area (Å²) < 4.78 is 13.1. The Balaban J connectivity index is 2.02. The molecule has 2 nitrogen and oxygen atoms in total. The Hall–Kier alpha value is -1.25. The van der Waals surface area contributed by atoms with Crippen LogP contribution in [-0.4, -0.2) is 6.54 Å². The lowest BCUT2D eigenvalue weighted by Gasteiger charge is -2.15. The van der Waals surface area contributed by atoms with Gasteiger partial charge in [-0.1, -0.05) is 13.0 Å². The summed E-state index contributed by atoms with van der Waals surface area (Å²) in [6.07, 6.45) is 3.71. The molecule has 0 bridgehead atoms.